The van der Waals surface area contributed by atoms with Crippen LogP contribution in [0, 0.1) is 5.92 Å². The Balaban J connectivity index is 2.08. The van der Waals surface area contributed by atoms with E-state index in [1.54, 1.807) is 18.4 Å². The van der Waals surface area contributed by atoms with Gasteiger partial charge >= 0.3 is 0 Å². The van der Waals surface area contributed by atoms with Crippen LogP contribution in [-0.4, -0.2) is 25.4 Å². The van der Waals surface area contributed by atoms with Gasteiger partial charge in [-0.3, -0.25) is 0 Å². The molecule has 0 aliphatic carbocycles. The molecule has 2 rings (SSSR count). The highest BCUT2D eigenvalue weighted by atomic mass is 32.1. The van der Waals surface area contributed by atoms with Crippen molar-refractivity contribution in [2.24, 2.45) is 5.92 Å². The van der Waals surface area contributed by atoms with E-state index in [1.165, 1.54) is 0 Å². The smallest absolute Gasteiger partial charge is 0.135 e. The quantitative estimate of drug-likeness (QED) is 0.862. The summed E-state index contributed by atoms with van der Waals surface area (Å²) in [7, 11) is 1.64. The maximum absolute atomic E-state index is 10.2. The normalized spacial score (nSPS) is 20.1. The molecule has 1 unspecified atom stereocenters. The lowest BCUT2D eigenvalue weighted by Crippen LogP contribution is -2.21. The van der Waals surface area contributed by atoms with Gasteiger partial charge in [-0.25, -0.2) is 0 Å². The Morgan fingerprint density at radius 2 is 2.27 bits per heavy atom. The highest BCUT2D eigenvalue weighted by Gasteiger charge is 2.26. The van der Waals surface area contributed by atoms with E-state index in [-0.39, 0.29) is 0 Å². The SMILES string of the molecule is COc1ccsc1C(O)C1CCOCC1. The molecule has 1 aliphatic rings. The van der Waals surface area contributed by atoms with Gasteiger partial charge in [0.25, 0.3) is 0 Å². The van der Waals surface area contributed by atoms with E-state index in [9.17, 15) is 5.11 Å². The van der Waals surface area contributed by atoms with Crippen LogP contribution >= 0.6 is 11.3 Å². The summed E-state index contributed by atoms with van der Waals surface area (Å²) in [6.07, 6.45) is 1.47. The zero-order chi connectivity index (χ0) is 10.7. The minimum Gasteiger partial charge on any atom is -0.495 e. The van der Waals surface area contributed by atoms with Gasteiger partial charge in [-0.05, 0) is 30.2 Å². The van der Waals surface area contributed by atoms with Crippen molar-refractivity contribution < 1.29 is 14.6 Å². The van der Waals surface area contributed by atoms with Crippen molar-refractivity contribution in [1.29, 1.82) is 0 Å². The van der Waals surface area contributed by atoms with Crippen molar-refractivity contribution in [2.45, 2.75) is 18.9 Å². The number of aliphatic hydroxyl groups excluding tert-OH is 1. The first-order valence-electron chi connectivity index (χ1n) is 5.20. The monoisotopic (exact) mass is 228 g/mol. The minimum atomic E-state index is -0.399. The number of thiophene rings is 1. The summed E-state index contributed by atoms with van der Waals surface area (Å²) in [4.78, 5) is 0.949. The van der Waals surface area contributed by atoms with Crippen LogP contribution in [0.4, 0.5) is 0 Å². The fraction of sp³-hybridized carbons (Fsp3) is 0.636. The molecule has 4 heteroatoms. The summed E-state index contributed by atoms with van der Waals surface area (Å²) in [6.45, 7) is 1.52. The van der Waals surface area contributed by atoms with Crippen molar-refractivity contribution in [1.82, 2.24) is 0 Å². The topological polar surface area (TPSA) is 38.7 Å². The largest absolute Gasteiger partial charge is 0.495 e. The van der Waals surface area contributed by atoms with Crippen LogP contribution in [0.15, 0.2) is 11.4 Å². The summed E-state index contributed by atoms with van der Waals surface area (Å²) < 4.78 is 10.5. The average molecular weight is 228 g/mol. The summed E-state index contributed by atoms with van der Waals surface area (Å²) in [6, 6.07) is 1.91. The molecule has 1 aromatic heterocycles. The summed E-state index contributed by atoms with van der Waals surface area (Å²) in [5, 5.41) is 12.2. The van der Waals surface area contributed by atoms with Crippen LogP contribution in [0.25, 0.3) is 0 Å². The van der Waals surface area contributed by atoms with Gasteiger partial charge in [0, 0.05) is 13.2 Å². The third kappa shape index (κ3) is 2.33. The van der Waals surface area contributed by atoms with Gasteiger partial charge in [0.05, 0.1) is 18.1 Å². The van der Waals surface area contributed by atoms with Gasteiger partial charge in [0.1, 0.15) is 5.75 Å². The van der Waals surface area contributed by atoms with Gasteiger partial charge in [-0.2, -0.15) is 0 Å². The van der Waals surface area contributed by atoms with E-state index >= 15 is 0 Å². The molecular weight excluding hydrogens is 212 g/mol. The Morgan fingerprint density at radius 3 is 2.93 bits per heavy atom. The Labute approximate surface area is 93.6 Å². The summed E-state index contributed by atoms with van der Waals surface area (Å²) in [5.41, 5.74) is 0. The molecular formula is C11H16O3S. The lowest BCUT2D eigenvalue weighted by Gasteiger charge is -2.26. The van der Waals surface area contributed by atoms with E-state index in [2.05, 4.69) is 0 Å². The molecule has 84 valence electrons. The first-order valence-corrected chi connectivity index (χ1v) is 6.08. The Kier molecular flexibility index (Phi) is 3.61. The first kappa shape index (κ1) is 10.9. The van der Waals surface area contributed by atoms with Crippen LogP contribution in [0.5, 0.6) is 5.75 Å². The van der Waals surface area contributed by atoms with Crippen LogP contribution < -0.4 is 4.74 Å². The Hall–Kier alpha value is -0.580. The minimum absolute atomic E-state index is 0.311. The average Bonchev–Trinajstić information content (AvgIpc) is 2.77. The zero-order valence-corrected chi connectivity index (χ0v) is 9.63. The molecule has 1 fully saturated rings. The van der Waals surface area contributed by atoms with Gasteiger partial charge in [-0.15, -0.1) is 11.3 Å². The molecule has 0 amide bonds. The second-order valence-electron chi connectivity index (χ2n) is 3.75. The highest BCUT2D eigenvalue weighted by molar-refractivity contribution is 7.10. The predicted octanol–water partition coefficient (Wildman–Crippen LogP) is 2.22. The van der Waals surface area contributed by atoms with E-state index in [1.807, 2.05) is 11.4 Å². The van der Waals surface area contributed by atoms with Gasteiger partial charge in [0.2, 0.25) is 0 Å². The molecule has 1 aromatic rings. The molecule has 0 aromatic carbocycles. The molecule has 1 aliphatic heterocycles. The summed E-state index contributed by atoms with van der Waals surface area (Å²) >= 11 is 1.56. The molecule has 1 atom stereocenters. The molecule has 0 saturated carbocycles. The fourth-order valence-electron chi connectivity index (χ4n) is 1.94. The molecule has 0 bridgehead atoms. The van der Waals surface area contributed by atoms with Gasteiger partial charge in [0.15, 0.2) is 0 Å². The molecule has 1 saturated heterocycles. The number of ether oxygens (including phenoxy) is 2. The molecule has 3 nitrogen and oxygen atoms in total. The molecule has 0 spiro atoms. The molecule has 15 heavy (non-hydrogen) atoms. The Morgan fingerprint density at radius 1 is 1.53 bits per heavy atom. The van der Waals surface area contributed by atoms with Crippen LogP contribution in [0.3, 0.4) is 0 Å². The van der Waals surface area contributed by atoms with Crippen molar-refractivity contribution in [3.63, 3.8) is 0 Å². The third-order valence-electron chi connectivity index (χ3n) is 2.86. The van der Waals surface area contributed by atoms with Crippen LogP contribution in [-0.2, 0) is 4.74 Å². The fourth-order valence-corrected chi connectivity index (χ4v) is 2.88. The first-order chi connectivity index (χ1) is 7.33. The maximum Gasteiger partial charge on any atom is 0.135 e. The molecule has 0 radical (unpaired) electrons. The van der Waals surface area contributed by atoms with E-state index in [0.29, 0.717) is 5.92 Å². The maximum atomic E-state index is 10.2. The third-order valence-corrected chi connectivity index (χ3v) is 3.83. The number of methoxy groups -OCH3 is 1. The number of hydrogen-bond acceptors (Lipinski definition) is 4. The van der Waals surface area contributed by atoms with Crippen LogP contribution in [0.2, 0.25) is 0 Å². The zero-order valence-electron chi connectivity index (χ0n) is 8.81. The van der Waals surface area contributed by atoms with Gasteiger partial charge in [-0.1, -0.05) is 0 Å². The number of rotatable bonds is 3. The van der Waals surface area contributed by atoms with E-state index < -0.39 is 6.10 Å². The second kappa shape index (κ2) is 4.96. The Bertz CT molecular complexity index is 305. The van der Waals surface area contributed by atoms with Crippen LogP contribution in [0.1, 0.15) is 23.8 Å². The van der Waals surface area contributed by atoms with Crippen molar-refractivity contribution in [3.05, 3.63) is 16.3 Å². The lowest BCUT2D eigenvalue weighted by molar-refractivity contribution is 0.00781. The molecule has 1 N–H and O–H groups in total. The lowest BCUT2D eigenvalue weighted by atomic mass is 9.93. The summed E-state index contributed by atoms with van der Waals surface area (Å²) in [5.74, 6) is 1.12. The van der Waals surface area contributed by atoms with Crippen molar-refractivity contribution in [2.75, 3.05) is 20.3 Å². The van der Waals surface area contributed by atoms with Crippen molar-refractivity contribution in [3.8, 4) is 5.75 Å². The standard InChI is InChI=1S/C11H16O3S/c1-13-9-4-7-15-11(9)10(12)8-2-5-14-6-3-8/h4,7-8,10,12H,2-3,5-6H2,1H3. The van der Waals surface area contributed by atoms with Crippen molar-refractivity contribution >= 4 is 11.3 Å². The predicted molar refractivity (Wildman–Crippen MR) is 59.4 cm³/mol. The second-order valence-corrected chi connectivity index (χ2v) is 4.70. The number of aliphatic hydroxyl groups is 1. The van der Waals surface area contributed by atoms with Gasteiger partial charge < -0.3 is 14.6 Å². The number of hydrogen-bond donors (Lipinski definition) is 1. The van der Waals surface area contributed by atoms with E-state index in [0.717, 1.165) is 36.7 Å². The molecule has 2 heterocycles. The van der Waals surface area contributed by atoms with E-state index in [4.69, 9.17) is 9.47 Å². The highest BCUT2D eigenvalue weighted by Crippen LogP contribution is 2.38.